The van der Waals surface area contributed by atoms with Gasteiger partial charge in [-0.15, -0.1) is 0 Å². The summed E-state index contributed by atoms with van der Waals surface area (Å²) >= 11 is 6.27. The number of hydrogen-bond acceptors (Lipinski definition) is 4. The van der Waals surface area contributed by atoms with Crippen molar-refractivity contribution < 1.29 is 18.0 Å². The zero-order valence-electron chi connectivity index (χ0n) is 16.6. The van der Waals surface area contributed by atoms with Crippen molar-refractivity contribution in [3.05, 3.63) is 70.6 Å². The summed E-state index contributed by atoms with van der Waals surface area (Å²) in [5.41, 5.74) is 1.01. The van der Waals surface area contributed by atoms with Gasteiger partial charge in [0.15, 0.2) is 5.82 Å². The molecule has 1 amide bonds. The Labute approximate surface area is 181 Å². The highest BCUT2D eigenvalue weighted by Crippen LogP contribution is 2.29. The van der Waals surface area contributed by atoms with Crippen LogP contribution in [0.15, 0.2) is 48.8 Å². The molecule has 0 N–H and O–H groups in total. The number of pyridine rings is 1. The number of rotatable bonds is 3. The molecule has 0 unspecified atom stereocenters. The van der Waals surface area contributed by atoms with Crippen LogP contribution in [0.4, 0.5) is 18.9 Å². The summed E-state index contributed by atoms with van der Waals surface area (Å²) in [4.78, 5) is 20.7. The van der Waals surface area contributed by atoms with Crippen molar-refractivity contribution in [1.82, 2.24) is 19.7 Å². The van der Waals surface area contributed by atoms with Crippen LogP contribution in [0.25, 0.3) is 5.82 Å². The number of alkyl halides is 3. The molecule has 3 heterocycles. The Morgan fingerprint density at radius 3 is 2.35 bits per heavy atom. The van der Waals surface area contributed by atoms with E-state index >= 15 is 0 Å². The van der Waals surface area contributed by atoms with E-state index in [0.717, 1.165) is 18.0 Å². The molecule has 1 fully saturated rings. The highest BCUT2D eigenvalue weighted by atomic mass is 35.5. The van der Waals surface area contributed by atoms with Gasteiger partial charge >= 0.3 is 6.18 Å². The van der Waals surface area contributed by atoms with Crippen LogP contribution in [0, 0.1) is 6.92 Å². The molecule has 2 aromatic heterocycles. The van der Waals surface area contributed by atoms with Crippen LogP contribution >= 0.6 is 11.6 Å². The molecule has 0 aliphatic carbocycles. The molecule has 1 aromatic carbocycles. The summed E-state index contributed by atoms with van der Waals surface area (Å²) in [7, 11) is 0. The van der Waals surface area contributed by atoms with Crippen LogP contribution in [-0.2, 0) is 6.18 Å². The number of carbonyl (C=O) groups is 1. The maximum absolute atomic E-state index is 13.0. The van der Waals surface area contributed by atoms with Gasteiger partial charge in [-0.3, -0.25) is 4.79 Å². The first-order valence-electron chi connectivity index (χ1n) is 9.62. The molecule has 0 atom stereocenters. The third kappa shape index (κ3) is 4.23. The lowest BCUT2D eigenvalue weighted by molar-refractivity contribution is -0.137. The van der Waals surface area contributed by atoms with Gasteiger partial charge < -0.3 is 9.80 Å². The highest BCUT2D eigenvalue weighted by molar-refractivity contribution is 6.33. The zero-order chi connectivity index (χ0) is 22.2. The van der Waals surface area contributed by atoms with Crippen LogP contribution in [0.2, 0.25) is 5.02 Å². The highest BCUT2D eigenvalue weighted by Gasteiger charge is 2.31. The van der Waals surface area contributed by atoms with Gasteiger partial charge in [0.25, 0.3) is 5.91 Å². The fourth-order valence-corrected chi connectivity index (χ4v) is 3.81. The SMILES string of the molecule is Cc1c(C(=O)N2CCN(c3ccccc3Cl)CC2)cnn1-c1ccc(C(F)(F)F)cn1. The first-order valence-corrected chi connectivity index (χ1v) is 10.0. The second-order valence-electron chi connectivity index (χ2n) is 7.19. The Bertz CT molecular complexity index is 1090. The van der Waals surface area contributed by atoms with Crippen molar-refractivity contribution in [2.45, 2.75) is 13.1 Å². The van der Waals surface area contributed by atoms with Crippen molar-refractivity contribution in [1.29, 1.82) is 0 Å². The quantitative estimate of drug-likeness (QED) is 0.601. The molecule has 6 nitrogen and oxygen atoms in total. The topological polar surface area (TPSA) is 54.3 Å². The van der Waals surface area contributed by atoms with E-state index < -0.39 is 11.7 Å². The summed E-state index contributed by atoms with van der Waals surface area (Å²) < 4.78 is 39.6. The van der Waals surface area contributed by atoms with Crippen LogP contribution in [0.5, 0.6) is 0 Å². The lowest BCUT2D eigenvalue weighted by atomic mass is 10.2. The molecule has 3 aromatic rings. The summed E-state index contributed by atoms with van der Waals surface area (Å²) in [5.74, 6) is 0.0440. The molecular formula is C21H19ClF3N5O. The number of amides is 1. The molecule has 0 saturated carbocycles. The Hall–Kier alpha value is -3.07. The number of carbonyl (C=O) groups excluding carboxylic acids is 1. The second-order valence-corrected chi connectivity index (χ2v) is 7.60. The standard InChI is InChI=1S/C21H19ClF3N5O/c1-14-16(13-27-30(14)19-7-6-15(12-26-19)21(23,24)25)20(31)29-10-8-28(9-11-29)18-5-3-2-4-17(18)22/h2-7,12-13H,8-11H2,1H3. The second kappa shape index (κ2) is 8.22. The Morgan fingerprint density at radius 1 is 1.03 bits per heavy atom. The van der Waals surface area contributed by atoms with Gasteiger partial charge in [0, 0.05) is 32.4 Å². The van der Waals surface area contributed by atoms with E-state index in [9.17, 15) is 18.0 Å². The first-order chi connectivity index (χ1) is 14.8. The maximum atomic E-state index is 13.0. The predicted molar refractivity (Wildman–Crippen MR) is 111 cm³/mol. The van der Waals surface area contributed by atoms with Crippen molar-refractivity contribution >= 4 is 23.2 Å². The maximum Gasteiger partial charge on any atom is 0.417 e. The number of piperazine rings is 1. The zero-order valence-corrected chi connectivity index (χ0v) is 17.4. The van der Waals surface area contributed by atoms with E-state index in [4.69, 9.17) is 11.6 Å². The fourth-order valence-electron chi connectivity index (χ4n) is 3.56. The van der Waals surface area contributed by atoms with Gasteiger partial charge in [0.2, 0.25) is 0 Å². The van der Waals surface area contributed by atoms with E-state index in [1.165, 1.54) is 16.9 Å². The van der Waals surface area contributed by atoms with Crippen molar-refractivity contribution in [2.24, 2.45) is 0 Å². The molecule has 162 valence electrons. The van der Waals surface area contributed by atoms with E-state index in [0.29, 0.717) is 42.5 Å². The molecule has 1 saturated heterocycles. The van der Waals surface area contributed by atoms with E-state index in [2.05, 4.69) is 15.0 Å². The van der Waals surface area contributed by atoms with Crippen molar-refractivity contribution in [2.75, 3.05) is 31.1 Å². The molecule has 31 heavy (non-hydrogen) atoms. The predicted octanol–water partition coefficient (Wildman–Crippen LogP) is 4.21. The fraction of sp³-hybridized carbons (Fsp3) is 0.286. The van der Waals surface area contributed by atoms with Crippen LogP contribution in [0.3, 0.4) is 0 Å². The molecule has 10 heteroatoms. The van der Waals surface area contributed by atoms with Crippen LogP contribution < -0.4 is 4.90 Å². The lowest BCUT2D eigenvalue weighted by Crippen LogP contribution is -2.49. The Morgan fingerprint density at radius 2 is 1.74 bits per heavy atom. The number of hydrogen-bond donors (Lipinski definition) is 0. The third-order valence-electron chi connectivity index (χ3n) is 5.29. The number of nitrogens with zero attached hydrogens (tertiary/aromatic N) is 5. The van der Waals surface area contributed by atoms with E-state index in [-0.39, 0.29) is 11.7 Å². The smallest absolute Gasteiger partial charge is 0.367 e. The number of anilines is 1. The molecule has 0 spiro atoms. The average molecular weight is 450 g/mol. The summed E-state index contributed by atoms with van der Waals surface area (Å²) in [6.45, 7) is 4.02. The van der Waals surface area contributed by atoms with Crippen molar-refractivity contribution in [3.8, 4) is 5.82 Å². The number of aromatic nitrogens is 3. The summed E-state index contributed by atoms with van der Waals surface area (Å²) in [6.07, 6.45) is -2.28. The van der Waals surface area contributed by atoms with E-state index in [1.54, 1.807) is 11.8 Å². The number of halogens is 4. The minimum Gasteiger partial charge on any atom is -0.367 e. The molecular weight excluding hydrogens is 431 g/mol. The summed E-state index contributed by atoms with van der Waals surface area (Å²) in [6, 6.07) is 9.76. The first kappa shape index (κ1) is 21.2. The minimum absolute atomic E-state index is 0.172. The normalized spacial score (nSPS) is 14.7. The monoisotopic (exact) mass is 449 g/mol. The van der Waals surface area contributed by atoms with Gasteiger partial charge in [-0.25, -0.2) is 9.67 Å². The van der Waals surface area contributed by atoms with Gasteiger partial charge in [-0.1, -0.05) is 23.7 Å². The Kier molecular flexibility index (Phi) is 5.62. The largest absolute Gasteiger partial charge is 0.417 e. The third-order valence-corrected chi connectivity index (χ3v) is 5.61. The van der Waals surface area contributed by atoms with Gasteiger partial charge in [-0.2, -0.15) is 18.3 Å². The van der Waals surface area contributed by atoms with Crippen LogP contribution in [-0.4, -0.2) is 51.8 Å². The molecule has 1 aliphatic rings. The van der Waals surface area contributed by atoms with Crippen molar-refractivity contribution in [3.63, 3.8) is 0 Å². The number of para-hydroxylation sites is 1. The molecule has 1 aliphatic heterocycles. The summed E-state index contributed by atoms with van der Waals surface area (Å²) in [5, 5.41) is 4.84. The lowest BCUT2D eigenvalue weighted by Gasteiger charge is -2.36. The average Bonchev–Trinajstić information content (AvgIpc) is 3.14. The minimum atomic E-state index is -4.46. The van der Waals surface area contributed by atoms with Gasteiger partial charge in [0.1, 0.15) is 0 Å². The van der Waals surface area contributed by atoms with Gasteiger partial charge in [-0.05, 0) is 31.2 Å². The van der Waals surface area contributed by atoms with Crippen LogP contribution in [0.1, 0.15) is 21.6 Å². The molecule has 4 rings (SSSR count). The Balaban J connectivity index is 1.47. The van der Waals surface area contributed by atoms with E-state index in [1.807, 2.05) is 24.3 Å². The van der Waals surface area contributed by atoms with Gasteiger partial charge in [0.05, 0.1) is 33.7 Å². The molecule has 0 radical (unpaired) electrons. The molecule has 0 bridgehead atoms. The number of benzene rings is 1.